The number of aliphatic hydroxyl groups excluding tert-OH is 1. The SMILES string of the molecule is N#C/C=C(\O)CN(Cc1ccccc1)Cc1ccccc1. The van der Waals surface area contributed by atoms with Crippen LogP contribution in [0.1, 0.15) is 11.1 Å². The van der Waals surface area contributed by atoms with E-state index < -0.39 is 0 Å². The van der Waals surface area contributed by atoms with Gasteiger partial charge in [0, 0.05) is 13.1 Å². The number of nitrogens with zero attached hydrogens (tertiary/aromatic N) is 2. The number of aliphatic hydroxyl groups is 1. The zero-order chi connectivity index (χ0) is 14.9. The van der Waals surface area contributed by atoms with Gasteiger partial charge < -0.3 is 5.11 Å². The van der Waals surface area contributed by atoms with Crippen molar-refractivity contribution >= 4 is 0 Å². The molecule has 0 aliphatic rings. The van der Waals surface area contributed by atoms with Gasteiger partial charge in [-0.05, 0) is 11.1 Å². The van der Waals surface area contributed by atoms with E-state index in [1.807, 2.05) is 42.5 Å². The van der Waals surface area contributed by atoms with E-state index in [2.05, 4.69) is 29.2 Å². The highest BCUT2D eigenvalue weighted by molar-refractivity contribution is 5.18. The Hall–Kier alpha value is -2.57. The Morgan fingerprint density at radius 3 is 1.86 bits per heavy atom. The molecule has 0 unspecified atom stereocenters. The van der Waals surface area contributed by atoms with Crippen molar-refractivity contribution in [3.63, 3.8) is 0 Å². The molecular formula is C18H18N2O. The molecule has 0 aromatic heterocycles. The van der Waals surface area contributed by atoms with E-state index in [1.54, 1.807) is 0 Å². The first kappa shape index (κ1) is 14.8. The number of nitriles is 1. The minimum atomic E-state index is 0.0874. The fraction of sp³-hybridized carbons (Fsp3) is 0.167. The van der Waals surface area contributed by atoms with Crippen LogP contribution in [0, 0.1) is 11.3 Å². The van der Waals surface area contributed by atoms with Gasteiger partial charge in [-0.15, -0.1) is 0 Å². The molecule has 0 radical (unpaired) electrons. The van der Waals surface area contributed by atoms with Crippen molar-refractivity contribution in [2.24, 2.45) is 0 Å². The van der Waals surface area contributed by atoms with E-state index in [0.29, 0.717) is 6.54 Å². The van der Waals surface area contributed by atoms with Crippen LogP contribution in [0.3, 0.4) is 0 Å². The third-order valence-corrected chi connectivity index (χ3v) is 3.11. The molecule has 0 amide bonds. The van der Waals surface area contributed by atoms with E-state index in [0.717, 1.165) is 13.1 Å². The Morgan fingerprint density at radius 2 is 1.43 bits per heavy atom. The predicted octanol–water partition coefficient (Wildman–Crippen LogP) is 3.65. The first-order valence-corrected chi connectivity index (χ1v) is 6.86. The highest BCUT2D eigenvalue weighted by atomic mass is 16.3. The Morgan fingerprint density at radius 1 is 0.952 bits per heavy atom. The minimum absolute atomic E-state index is 0.0874. The molecule has 0 atom stereocenters. The second kappa shape index (κ2) is 7.88. The first-order valence-electron chi connectivity index (χ1n) is 6.86. The van der Waals surface area contributed by atoms with Gasteiger partial charge in [0.1, 0.15) is 5.76 Å². The van der Waals surface area contributed by atoms with Gasteiger partial charge in [0.25, 0.3) is 0 Å². The van der Waals surface area contributed by atoms with Gasteiger partial charge in [0.05, 0.1) is 18.7 Å². The number of benzene rings is 2. The van der Waals surface area contributed by atoms with E-state index in [4.69, 9.17) is 5.26 Å². The zero-order valence-electron chi connectivity index (χ0n) is 11.8. The van der Waals surface area contributed by atoms with Crippen LogP contribution in [-0.4, -0.2) is 16.6 Å². The smallest absolute Gasteiger partial charge is 0.117 e. The van der Waals surface area contributed by atoms with Crippen molar-refractivity contribution in [1.82, 2.24) is 4.90 Å². The van der Waals surface area contributed by atoms with Crippen molar-refractivity contribution in [3.05, 3.63) is 83.6 Å². The van der Waals surface area contributed by atoms with Crippen LogP contribution < -0.4 is 0 Å². The highest BCUT2D eigenvalue weighted by Gasteiger charge is 2.09. The summed E-state index contributed by atoms with van der Waals surface area (Å²) in [5.74, 6) is 0.0874. The second-order valence-corrected chi connectivity index (χ2v) is 4.88. The lowest BCUT2D eigenvalue weighted by molar-refractivity contribution is 0.235. The summed E-state index contributed by atoms with van der Waals surface area (Å²) in [6, 6.07) is 22.1. The predicted molar refractivity (Wildman–Crippen MR) is 83.3 cm³/mol. The first-order chi connectivity index (χ1) is 10.3. The third kappa shape index (κ3) is 5.13. The zero-order valence-corrected chi connectivity index (χ0v) is 11.8. The summed E-state index contributed by atoms with van der Waals surface area (Å²) < 4.78 is 0. The second-order valence-electron chi connectivity index (χ2n) is 4.88. The van der Waals surface area contributed by atoms with E-state index in [-0.39, 0.29) is 5.76 Å². The van der Waals surface area contributed by atoms with Crippen LogP contribution in [0.25, 0.3) is 0 Å². The van der Waals surface area contributed by atoms with Crippen molar-refractivity contribution in [3.8, 4) is 6.07 Å². The van der Waals surface area contributed by atoms with Gasteiger partial charge in [-0.25, -0.2) is 0 Å². The lowest BCUT2D eigenvalue weighted by Gasteiger charge is -2.22. The van der Waals surface area contributed by atoms with E-state index in [1.165, 1.54) is 17.2 Å². The third-order valence-electron chi connectivity index (χ3n) is 3.11. The molecule has 2 aromatic rings. The molecule has 106 valence electrons. The molecule has 0 aliphatic carbocycles. The Kier molecular flexibility index (Phi) is 5.57. The van der Waals surface area contributed by atoms with Crippen LogP contribution in [-0.2, 0) is 13.1 Å². The maximum absolute atomic E-state index is 9.77. The molecule has 2 rings (SSSR count). The summed E-state index contributed by atoms with van der Waals surface area (Å²) in [5, 5.41) is 18.4. The molecule has 0 saturated heterocycles. The van der Waals surface area contributed by atoms with E-state index >= 15 is 0 Å². The normalized spacial score (nSPS) is 11.3. The number of allylic oxidation sites excluding steroid dienone is 1. The molecule has 0 heterocycles. The fourth-order valence-electron chi connectivity index (χ4n) is 2.20. The maximum Gasteiger partial charge on any atom is 0.117 e. The largest absolute Gasteiger partial charge is 0.510 e. The van der Waals surface area contributed by atoms with Crippen molar-refractivity contribution in [2.45, 2.75) is 13.1 Å². The Balaban J connectivity index is 2.10. The van der Waals surface area contributed by atoms with Gasteiger partial charge in [-0.2, -0.15) is 5.26 Å². The van der Waals surface area contributed by atoms with Crippen molar-refractivity contribution in [1.29, 1.82) is 5.26 Å². The van der Waals surface area contributed by atoms with Gasteiger partial charge in [-0.3, -0.25) is 4.90 Å². The molecule has 0 spiro atoms. The van der Waals surface area contributed by atoms with Gasteiger partial charge in [0.2, 0.25) is 0 Å². The lowest BCUT2D eigenvalue weighted by atomic mass is 10.1. The van der Waals surface area contributed by atoms with Crippen molar-refractivity contribution in [2.75, 3.05) is 6.54 Å². The quantitative estimate of drug-likeness (QED) is 0.648. The molecule has 3 nitrogen and oxygen atoms in total. The number of rotatable bonds is 6. The maximum atomic E-state index is 9.77. The fourth-order valence-corrected chi connectivity index (χ4v) is 2.20. The topological polar surface area (TPSA) is 47.3 Å². The summed E-state index contributed by atoms with van der Waals surface area (Å²) in [6.07, 6.45) is 1.18. The molecule has 0 fully saturated rings. The van der Waals surface area contributed by atoms with Gasteiger partial charge in [-0.1, -0.05) is 60.7 Å². The summed E-state index contributed by atoms with van der Waals surface area (Å²) in [4.78, 5) is 2.10. The molecular weight excluding hydrogens is 260 g/mol. The Bertz CT molecular complexity index is 573. The average molecular weight is 278 g/mol. The summed E-state index contributed by atoms with van der Waals surface area (Å²) >= 11 is 0. The summed E-state index contributed by atoms with van der Waals surface area (Å²) in [5.41, 5.74) is 2.36. The lowest BCUT2D eigenvalue weighted by Crippen LogP contribution is -2.25. The van der Waals surface area contributed by atoms with Gasteiger partial charge in [0.15, 0.2) is 0 Å². The Labute approximate surface area is 125 Å². The average Bonchev–Trinajstić information content (AvgIpc) is 2.49. The molecule has 0 aliphatic heterocycles. The number of hydrogen-bond donors (Lipinski definition) is 1. The number of hydrogen-bond acceptors (Lipinski definition) is 3. The molecule has 2 aromatic carbocycles. The minimum Gasteiger partial charge on any atom is -0.510 e. The monoisotopic (exact) mass is 278 g/mol. The van der Waals surface area contributed by atoms with Crippen LogP contribution in [0.5, 0.6) is 0 Å². The van der Waals surface area contributed by atoms with Crippen LogP contribution in [0.4, 0.5) is 0 Å². The molecule has 0 bridgehead atoms. The summed E-state index contributed by atoms with van der Waals surface area (Å²) in [6.45, 7) is 1.80. The molecule has 21 heavy (non-hydrogen) atoms. The highest BCUT2D eigenvalue weighted by Crippen LogP contribution is 2.11. The van der Waals surface area contributed by atoms with Gasteiger partial charge >= 0.3 is 0 Å². The van der Waals surface area contributed by atoms with E-state index in [9.17, 15) is 5.11 Å². The molecule has 3 heteroatoms. The van der Waals surface area contributed by atoms with Crippen LogP contribution >= 0.6 is 0 Å². The molecule has 1 N–H and O–H groups in total. The van der Waals surface area contributed by atoms with Crippen LogP contribution in [0.15, 0.2) is 72.5 Å². The van der Waals surface area contributed by atoms with Crippen LogP contribution in [0.2, 0.25) is 0 Å². The van der Waals surface area contributed by atoms with Crippen molar-refractivity contribution < 1.29 is 5.11 Å². The standard InChI is InChI=1S/C18H18N2O/c19-12-11-18(21)15-20(13-16-7-3-1-4-8-16)14-17-9-5-2-6-10-17/h1-11,21H,13-15H2/b18-11-. The summed E-state index contributed by atoms with van der Waals surface area (Å²) in [7, 11) is 0. The molecule has 0 saturated carbocycles.